The van der Waals surface area contributed by atoms with Crippen molar-refractivity contribution in [3.05, 3.63) is 28.3 Å². The molecule has 100 valence electrons. The van der Waals surface area contributed by atoms with Crippen molar-refractivity contribution in [2.24, 2.45) is 0 Å². The number of aryl methyl sites for hydroxylation is 1. The molecule has 2 rings (SSSR count). The highest BCUT2D eigenvalue weighted by molar-refractivity contribution is 6.31. The Labute approximate surface area is 113 Å². The van der Waals surface area contributed by atoms with Crippen molar-refractivity contribution < 1.29 is 9.84 Å². The highest BCUT2D eigenvalue weighted by atomic mass is 35.5. The van der Waals surface area contributed by atoms with Crippen LogP contribution in [0.5, 0.6) is 5.75 Å². The maximum Gasteiger partial charge on any atom is 0.125 e. The van der Waals surface area contributed by atoms with Gasteiger partial charge in [0.1, 0.15) is 5.75 Å². The van der Waals surface area contributed by atoms with Crippen molar-refractivity contribution in [1.82, 2.24) is 5.32 Å². The van der Waals surface area contributed by atoms with Gasteiger partial charge in [-0.25, -0.2) is 0 Å². The first-order valence-electron chi connectivity index (χ1n) is 6.37. The normalized spacial score (nSPS) is 16.7. The first-order chi connectivity index (χ1) is 8.61. The fourth-order valence-corrected chi connectivity index (χ4v) is 2.15. The molecule has 3 nitrogen and oxygen atoms in total. The van der Waals surface area contributed by atoms with Gasteiger partial charge in [-0.15, -0.1) is 0 Å². The van der Waals surface area contributed by atoms with Crippen molar-refractivity contribution in [3.8, 4) is 5.75 Å². The monoisotopic (exact) mass is 269 g/mol. The molecule has 0 heterocycles. The predicted molar refractivity (Wildman–Crippen MR) is 73.3 cm³/mol. The number of hydrogen-bond acceptors (Lipinski definition) is 3. The third-order valence-corrected chi connectivity index (χ3v) is 3.71. The number of aliphatic hydroxyl groups is 1. The Morgan fingerprint density at radius 2 is 2.22 bits per heavy atom. The molecule has 0 bridgehead atoms. The molecular weight excluding hydrogens is 250 g/mol. The Balaban J connectivity index is 2.02. The SMILES string of the molecule is COc1cc(C)c(Cl)cc1C(O)CCNC1CC1. The van der Waals surface area contributed by atoms with Gasteiger partial charge < -0.3 is 15.2 Å². The van der Waals surface area contributed by atoms with Gasteiger partial charge in [0.05, 0.1) is 13.2 Å². The number of ether oxygens (including phenoxy) is 1. The van der Waals surface area contributed by atoms with E-state index in [-0.39, 0.29) is 0 Å². The zero-order valence-corrected chi connectivity index (χ0v) is 11.6. The van der Waals surface area contributed by atoms with E-state index >= 15 is 0 Å². The molecule has 0 amide bonds. The van der Waals surface area contributed by atoms with Crippen LogP contribution in [0.25, 0.3) is 0 Å². The summed E-state index contributed by atoms with van der Waals surface area (Å²) in [5, 5.41) is 14.3. The van der Waals surface area contributed by atoms with Crippen LogP contribution < -0.4 is 10.1 Å². The molecule has 1 atom stereocenters. The molecule has 4 heteroatoms. The van der Waals surface area contributed by atoms with Gasteiger partial charge in [0.15, 0.2) is 0 Å². The van der Waals surface area contributed by atoms with E-state index in [1.807, 2.05) is 13.0 Å². The van der Waals surface area contributed by atoms with E-state index in [0.717, 1.165) is 17.7 Å². The Morgan fingerprint density at radius 3 is 2.83 bits per heavy atom. The minimum absolute atomic E-state index is 0.538. The Bertz CT molecular complexity index is 419. The smallest absolute Gasteiger partial charge is 0.125 e. The summed E-state index contributed by atoms with van der Waals surface area (Å²) in [5.74, 6) is 0.704. The second-order valence-corrected chi connectivity index (χ2v) is 5.28. The van der Waals surface area contributed by atoms with Crippen molar-refractivity contribution in [1.29, 1.82) is 0 Å². The molecule has 1 aliphatic rings. The Kier molecular flexibility index (Phi) is 4.49. The van der Waals surface area contributed by atoms with Crippen LogP contribution >= 0.6 is 11.6 Å². The molecule has 1 saturated carbocycles. The molecule has 1 aliphatic carbocycles. The van der Waals surface area contributed by atoms with Gasteiger partial charge in [0, 0.05) is 16.6 Å². The van der Waals surface area contributed by atoms with Gasteiger partial charge in [-0.3, -0.25) is 0 Å². The maximum atomic E-state index is 10.2. The molecule has 0 aliphatic heterocycles. The second kappa shape index (κ2) is 5.91. The summed E-state index contributed by atoms with van der Waals surface area (Å²) in [6.07, 6.45) is 2.65. The van der Waals surface area contributed by atoms with E-state index in [1.54, 1.807) is 13.2 Å². The zero-order valence-electron chi connectivity index (χ0n) is 10.9. The van der Waals surface area contributed by atoms with Crippen LogP contribution in [0.3, 0.4) is 0 Å². The number of aliphatic hydroxyl groups excluding tert-OH is 1. The van der Waals surface area contributed by atoms with Crippen LogP contribution in [0, 0.1) is 6.92 Å². The van der Waals surface area contributed by atoms with Gasteiger partial charge in [0.2, 0.25) is 0 Å². The molecule has 0 saturated heterocycles. The van der Waals surface area contributed by atoms with Gasteiger partial charge in [-0.05, 0) is 50.4 Å². The number of hydrogen-bond donors (Lipinski definition) is 2. The van der Waals surface area contributed by atoms with Crippen LogP contribution in [0.2, 0.25) is 5.02 Å². The molecule has 0 spiro atoms. The molecule has 1 aromatic rings. The number of nitrogens with one attached hydrogen (secondary N) is 1. The van der Waals surface area contributed by atoms with Gasteiger partial charge in [-0.2, -0.15) is 0 Å². The van der Waals surface area contributed by atoms with Gasteiger partial charge in [-0.1, -0.05) is 11.6 Å². The summed E-state index contributed by atoms with van der Waals surface area (Å²) in [7, 11) is 1.61. The van der Waals surface area contributed by atoms with Gasteiger partial charge >= 0.3 is 0 Å². The van der Waals surface area contributed by atoms with Crippen LogP contribution in [0.1, 0.15) is 36.5 Å². The lowest BCUT2D eigenvalue weighted by Crippen LogP contribution is -2.19. The first-order valence-corrected chi connectivity index (χ1v) is 6.75. The second-order valence-electron chi connectivity index (χ2n) is 4.88. The minimum Gasteiger partial charge on any atom is -0.496 e. The standard InChI is InChI=1S/C14H20ClNO2/c1-9-7-14(18-2)11(8-12(9)15)13(17)5-6-16-10-3-4-10/h7-8,10,13,16-17H,3-6H2,1-2H3. The lowest BCUT2D eigenvalue weighted by Gasteiger charge is -2.16. The summed E-state index contributed by atoms with van der Waals surface area (Å²) >= 11 is 6.10. The van der Waals surface area contributed by atoms with Gasteiger partial charge in [0.25, 0.3) is 0 Å². The summed E-state index contributed by atoms with van der Waals surface area (Å²) in [4.78, 5) is 0. The fourth-order valence-electron chi connectivity index (χ4n) is 1.97. The Morgan fingerprint density at radius 1 is 1.50 bits per heavy atom. The number of halogens is 1. The van der Waals surface area contributed by atoms with Crippen molar-refractivity contribution in [2.45, 2.75) is 38.3 Å². The van der Waals surface area contributed by atoms with Crippen LogP contribution in [-0.2, 0) is 0 Å². The number of benzene rings is 1. The van der Waals surface area contributed by atoms with Crippen LogP contribution in [-0.4, -0.2) is 24.8 Å². The zero-order chi connectivity index (χ0) is 13.1. The molecule has 1 fully saturated rings. The third-order valence-electron chi connectivity index (χ3n) is 3.30. The molecule has 1 aromatic carbocycles. The van der Waals surface area contributed by atoms with E-state index in [1.165, 1.54) is 12.8 Å². The summed E-state index contributed by atoms with van der Waals surface area (Å²) < 4.78 is 5.30. The molecule has 2 N–H and O–H groups in total. The number of methoxy groups -OCH3 is 1. The molecular formula is C14H20ClNO2. The van der Waals surface area contributed by atoms with E-state index < -0.39 is 6.10 Å². The quantitative estimate of drug-likeness (QED) is 0.834. The van der Waals surface area contributed by atoms with Crippen LogP contribution in [0.4, 0.5) is 0 Å². The topological polar surface area (TPSA) is 41.5 Å². The molecule has 0 radical (unpaired) electrons. The van der Waals surface area contributed by atoms with E-state index in [2.05, 4.69) is 5.32 Å². The predicted octanol–water partition coefficient (Wildman–Crippen LogP) is 2.83. The van der Waals surface area contributed by atoms with E-state index in [4.69, 9.17) is 16.3 Å². The lowest BCUT2D eigenvalue weighted by atomic mass is 10.0. The Hall–Kier alpha value is -0.770. The first kappa shape index (κ1) is 13.7. The summed E-state index contributed by atoms with van der Waals surface area (Å²) in [6.45, 7) is 2.75. The average molecular weight is 270 g/mol. The fraction of sp³-hybridized carbons (Fsp3) is 0.571. The maximum absolute atomic E-state index is 10.2. The van der Waals surface area contributed by atoms with Crippen molar-refractivity contribution in [2.75, 3.05) is 13.7 Å². The molecule has 18 heavy (non-hydrogen) atoms. The lowest BCUT2D eigenvalue weighted by molar-refractivity contribution is 0.162. The van der Waals surface area contributed by atoms with Crippen LogP contribution in [0.15, 0.2) is 12.1 Å². The molecule has 0 aromatic heterocycles. The summed E-state index contributed by atoms with van der Waals surface area (Å²) in [5.41, 5.74) is 1.73. The third kappa shape index (κ3) is 3.37. The number of rotatable bonds is 6. The summed E-state index contributed by atoms with van der Waals surface area (Å²) in [6, 6.07) is 4.34. The van der Waals surface area contributed by atoms with E-state index in [0.29, 0.717) is 23.2 Å². The minimum atomic E-state index is -0.538. The average Bonchev–Trinajstić information content (AvgIpc) is 3.16. The molecule has 1 unspecified atom stereocenters. The van der Waals surface area contributed by atoms with E-state index in [9.17, 15) is 5.11 Å². The highest BCUT2D eigenvalue weighted by Crippen LogP contribution is 2.32. The van der Waals surface area contributed by atoms with Crippen molar-refractivity contribution in [3.63, 3.8) is 0 Å². The highest BCUT2D eigenvalue weighted by Gasteiger charge is 2.21. The van der Waals surface area contributed by atoms with Crippen molar-refractivity contribution >= 4 is 11.6 Å². The largest absolute Gasteiger partial charge is 0.496 e.